The quantitative estimate of drug-likeness (QED) is 0.750. The van der Waals surface area contributed by atoms with Gasteiger partial charge in [0, 0.05) is 16.7 Å². The van der Waals surface area contributed by atoms with Crippen molar-refractivity contribution in [2.45, 2.75) is 6.92 Å². The van der Waals surface area contributed by atoms with Crippen LogP contribution in [0.2, 0.25) is 5.02 Å². The minimum atomic E-state index is -3.10. The summed E-state index contributed by atoms with van der Waals surface area (Å²) in [5, 5.41) is 0.542. The van der Waals surface area contributed by atoms with E-state index >= 15 is 0 Å². The molecule has 0 aliphatic carbocycles. The SMILES string of the molecule is Cc1ccc(Cl)cc1[NH2+]S(C)(=O)=O. The summed E-state index contributed by atoms with van der Waals surface area (Å²) < 4.78 is 23.1. The van der Waals surface area contributed by atoms with Crippen molar-refractivity contribution in [3.63, 3.8) is 0 Å². The van der Waals surface area contributed by atoms with Crippen LogP contribution in [-0.2, 0) is 10.0 Å². The van der Waals surface area contributed by atoms with Crippen molar-refractivity contribution in [2.24, 2.45) is 0 Å². The number of rotatable bonds is 2. The number of hydrogen-bond acceptors (Lipinski definition) is 2. The van der Waals surface area contributed by atoms with Crippen LogP contribution in [0.4, 0.5) is 5.69 Å². The summed E-state index contributed by atoms with van der Waals surface area (Å²) in [6.45, 7) is 1.84. The van der Waals surface area contributed by atoms with Gasteiger partial charge in [-0.2, -0.15) is 8.42 Å². The fraction of sp³-hybridized carbons (Fsp3) is 0.250. The Labute approximate surface area is 82.8 Å². The van der Waals surface area contributed by atoms with Gasteiger partial charge in [0.25, 0.3) is 10.0 Å². The monoisotopic (exact) mass is 220 g/mol. The van der Waals surface area contributed by atoms with E-state index in [2.05, 4.69) is 0 Å². The molecule has 0 bridgehead atoms. The first-order valence-corrected chi connectivity index (χ1v) is 6.03. The van der Waals surface area contributed by atoms with Crippen molar-refractivity contribution < 1.29 is 13.1 Å². The molecule has 5 heteroatoms. The van der Waals surface area contributed by atoms with Crippen LogP contribution in [0.5, 0.6) is 0 Å². The highest BCUT2D eigenvalue weighted by Crippen LogP contribution is 2.15. The molecule has 0 aliphatic heterocycles. The Bertz CT molecular complexity index is 414. The predicted molar refractivity (Wildman–Crippen MR) is 52.6 cm³/mol. The fourth-order valence-electron chi connectivity index (χ4n) is 0.969. The van der Waals surface area contributed by atoms with Crippen molar-refractivity contribution in [1.29, 1.82) is 0 Å². The van der Waals surface area contributed by atoms with Crippen LogP contribution in [0.3, 0.4) is 0 Å². The van der Waals surface area contributed by atoms with E-state index in [4.69, 9.17) is 11.6 Å². The molecule has 0 fully saturated rings. The summed E-state index contributed by atoms with van der Waals surface area (Å²) in [6.07, 6.45) is 1.16. The molecule has 0 saturated carbocycles. The van der Waals surface area contributed by atoms with Gasteiger partial charge in [0.2, 0.25) is 0 Å². The van der Waals surface area contributed by atoms with E-state index in [9.17, 15) is 8.42 Å². The minimum absolute atomic E-state index is 0.542. The maximum Gasteiger partial charge on any atom is 0.295 e. The number of quaternary nitrogens is 1. The molecule has 1 aromatic carbocycles. The first-order chi connectivity index (χ1) is 5.88. The molecule has 0 saturated heterocycles. The standard InChI is InChI=1S/C8H10ClNO2S/c1-6-3-4-7(9)5-8(6)10-13(2,11)12/h3-5,10H,1-2H3/p+1. The van der Waals surface area contributed by atoms with E-state index in [0.29, 0.717) is 10.7 Å². The summed E-state index contributed by atoms with van der Waals surface area (Å²) in [5.74, 6) is 0. The Morgan fingerprint density at radius 1 is 1.38 bits per heavy atom. The lowest BCUT2D eigenvalue weighted by atomic mass is 10.2. The highest BCUT2D eigenvalue weighted by atomic mass is 35.5. The summed E-state index contributed by atoms with van der Waals surface area (Å²) >= 11 is 5.73. The molecular weight excluding hydrogens is 210 g/mol. The van der Waals surface area contributed by atoms with E-state index < -0.39 is 10.0 Å². The molecule has 1 aromatic rings. The van der Waals surface area contributed by atoms with Crippen LogP contribution < -0.4 is 4.72 Å². The topological polar surface area (TPSA) is 50.8 Å². The van der Waals surface area contributed by atoms with Crippen molar-refractivity contribution >= 4 is 27.3 Å². The number of sulfonamides is 1. The summed E-state index contributed by atoms with van der Waals surface area (Å²) in [7, 11) is -3.10. The normalized spacial score (nSPS) is 11.6. The molecule has 0 amide bonds. The molecule has 13 heavy (non-hydrogen) atoms. The molecule has 0 atom stereocenters. The van der Waals surface area contributed by atoms with Gasteiger partial charge in [0.05, 0.1) is 6.26 Å². The highest BCUT2D eigenvalue weighted by Gasteiger charge is 2.10. The zero-order chi connectivity index (χ0) is 10.1. The van der Waals surface area contributed by atoms with Gasteiger partial charge in [-0.1, -0.05) is 17.7 Å². The van der Waals surface area contributed by atoms with Gasteiger partial charge in [-0.25, -0.2) is 4.72 Å². The van der Waals surface area contributed by atoms with Crippen LogP contribution in [0.1, 0.15) is 5.56 Å². The first-order valence-electron chi connectivity index (χ1n) is 3.69. The molecule has 2 N–H and O–H groups in total. The van der Waals surface area contributed by atoms with Crippen LogP contribution in [0.25, 0.3) is 0 Å². The number of hydrogen-bond donors (Lipinski definition) is 1. The third-order valence-electron chi connectivity index (χ3n) is 1.58. The maximum absolute atomic E-state index is 11.0. The minimum Gasteiger partial charge on any atom is -0.209 e. The number of halogens is 1. The number of nitrogens with two attached hydrogens (primary N) is 1. The zero-order valence-corrected chi connectivity index (χ0v) is 8.98. The molecule has 0 unspecified atom stereocenters. The largest absolute Gasteiger partial charge is 0.295 e. The van der Waals surface area contributed by atoms with E-state index in [1.165, 1.54) is 4.72 Å². The molecule has 1 rings (SSSR count). The van der Waals surface area contributed by atoms with Gasteiger partial charge >= 0.3 is 0 Å². The predicted octanol–water partition coefficient (Wildman–Crippen LogP) is 0.803. The second-order valence-corrected chi connectivity index (χ2v) is 5.28. The van der Waals surface area contributed by atoms with E-state index in [1.54, 1.807) is 18.2 Å². The maximum atomic E-state index is 11.0. The molecule has 0 aliphatic rings. The van der Waals surface area contributed by atoms with Crippen LogP contribution in [-0.4, -0.2) is 14.7 Å². The Balaban J connectivity index is 3.08. The van der Waals surface area contributed by atoms with Crippen molar-refractivity contribution in [1.82, 2.24) is 0 Å². The second kappa shape index (κ2) is 3.65. The van der Waals surface area contributed by atoms with Gasteiger partial charge in [-0.15, -0.1) is 0 Å². The molecule has 3 nitrogen and oxygen atoms in total. The Morgan fingerprint density at radius 3 is 2.54 bits per heavy atom. The Hall–Kier alpha value is -0.580. The zero-order valence-electron chi connectivity index (χ0n) is 7.41. The third-order valence-corrected chi connectivity index (χ3v) is 2.50. The van der Waals surface area contributed by atoms with Gasteiger partial charge in [-0.3, -0.25) is 0 Å². The van der Waals surface area contributed by atoms with E-state index in [0.717, 1.165) is 11.8 Å². The van der Waals surface area contributed by atoms with Gasteiger partial charge in [0.15, 0.2) is 0 Å². The van der Waals surface area contributed by atoms with Crippen LogP contribution in [0.15, 0.2) is 18.2 Å². The van der Waals surface area contributed by atoms with Gasteiger partial charge in [0.1, 0.15) is 5.69 Å². The molecule has 72 valence electrons. The average molecular weight is 221 g/mol. The Kier molecular flexibility index (Phi) is 2.95. The fourth-order valence-corrected chi connectivity index (χ4v) is 1.86. The molecule has 0 radical (unpaired) electrons. The van der Waals surface area contributed by atoms with E-state index in [-0.39, 0.29) is 0 Å². The molecule has 0 aromatic heterocycles. The lowest BCUT2D eigenvalue weighted by molar-refractivity contribution is -0.396. The summed E-state index contributed by atoms with van der Waals surface area (Å²) in [4.78, 5) is 0. The van der Waals surface area contributed by atoms with Crippen molar-refractivity contribution in [2.75, 3.05) is 6.26 Å². The number of primary sulfonamides is 1. The summed E-state index contributed by atoms with van der Waals surface area (Å²) in [5.41, 5.74) is 1.55. The van der Waals surface area contributed by atoms with Gasteiger partial charge < -0.3 is 0 Å². The molecule has 0 heterocycles. The lowest BCUT2D eigenvalue weighted by Crippen LogP contribution is -2.81. The van der Waals surface area contributed by atoms with Crippen LogP contribution in [0, 0.1) is 6.92 Å². The molecular formula is C8H11ClNO2S+. The van der Waals surface area contributed by atoms with Crippen molar-refractivity contribution in [3.8, 4) is 0 Å². The smallest absolute Gasteiger partial charge is 0.209 e. The lowest BCUT2D eigenvalue weighted by Gasteiger charge is -2.01. The first kappa shape index (κ1) is 10.5. The Morgan fingerprint density at radius 2 is 2.00 bits per heavy atom. The number of benzene rings is 1. The van der Waals surface area contributed by atoms with E-state index in [1.807, 2.05) is 6.92 Å². The summed E-state index contributed by atoms with van der Waals surface area (Å²) in [6, 6.07) is 5.16. The highest BCUT2D eigenvalue weighted by molar-refractivity contribution is 7.84. The third kappa shape index (κ3) is 3.34. The number of aryl methyl sites for hydroxylation is 1. The van der Waals surface area contributed by atoms with Gasteiger partial charge in [-0.05, 0) is 13.0 Å². The average Bonchev–Trinajstić information content (AvgIpc) is 1.94. The van der Waals surface area contributed by atoms with Crippen LogP contribution >= 0.6 is 11.6 Å². The van der Waals surface area contributed by atoms with Crippen molar-refractivity contribution in [3.05, 3.63) is 28.8 Å². The second-order valence-electron chi connectivity index (χ2n) is 2.95. The molecule has 0 spiro atoms.